The lowest BCUT2D eigenvalue weighted by Gasteiger charge is -2.13. The van der Waals surface area contributed by atoms with Gasteiger partial charge in [-0.1, -0.05) is 84.1 Å². The van der Waals surface area contributed by atoms with Gasteiger partial charge in [0.15, 0.2) is 51.4 Å². The number of hydrogen-bond donors (Lipinski definition) is 5. The van der Waals surface area contributed by atoms with E-state index in [1.54, 1.807) is 65.7 Å². The molecule has 5 N–H and O–H groups in total. The van der Waals surface area contributed by atoms with Crippen molar-refractivity contribution in [1.82, 2.24) is 43.8 Å². The molecule has 26 heteroatoms. The van der Waals surface area contributed by atoms with Crippen LogP contribution in [0, 0.1) is 59.0 Å². The van der Waals surface area contributed by atoms with E-state index in [0.29, 0.717) is 61.3 Å². The minimum atomic E-state index is -0.268. The van der Waals surface area contributed by atoms with Crippen LogP contribution in [0.15, 0.2) is 146 Å². The molecule has 0 saturated heterocycles. The minimum absolute atomic E-state index is 0.177. The number of nitrogens with zero attached hydrogens (tertiary/aromatic N) is 9. The van der Waals surface area contributed by atoms with E-state index in [9.17, 15) is 23.4 Å². The number of benzene rings is 6. The fraction of sp³-hybridized carbons (Fsp3) is 0.239. The number of anilines is 3. The summed E-state index contributed by atoms with van der Waals surface area (Å²) in [5, 5.41) is 43.6. The molecule has 12 rings (SSSR count). The summed E-state index contributed by atoms with van der Waals surface area (Å²) >= 11 is 11.6. The van der Waals surface area contributed by atoms with Gasteiger partial charge in [-0.2, -0.15) is 28.8 Å². The number of aryl methyl sites for hydroxylation is 6. The Bertz CT molecular complexity index is 4620. The summed E-state index contributed by atoms with van der Waals surface area (Å²) in [6, 6.07) is 41.3. The summed E-state index contributed by atoms with van der Waals surface area (Å²) in [7, 11) is 3.23. The maximum absolute atomic E-state index is 13.2. The Balaban J connectivity index is 0.000000177. The van der Waals surface area contributed by atoms with Crippen LogP contribution in [0.25, 0.3) is 50.3 Å². The Morgan fingerprint density at radius 1 is 0.433 bits per heavy atom. The maximum atomic E-state index is 13.2. The van der Waals surface area contributed by atoms with Crippen LogP contribution in [0.1, 0.15) is 71.6 Å². The molecule has 0 aliphatic rings. The monoisotopic (exact) mass is 1620 g/mol. The predicted molar refractivity (Wildman–Crippen MR) is 401 cm³/mol. The predicted octanol–water partition coefficient (Wildman–Crippen LogP) is 18.1. The normalized spacial score (nSPS) is 10.7. The zero-order chi connectivity index (χ0) is 70.0. The number of halogens is 7. The molecule has 6 aromatic heterocycles. The van der Waals surface area contributed by atoms with E-state index in [1.807, 2.05) is 115 Å². The van der Waals surface area contributed by atoms with E-state index >= 15 is 0 Å². The number of fused-ring (bicyclic) bond motifs is 3. The van der Waals surface area contributed by atoms with Gasteiger partial charge >= 0.3 is 3.18 Å². The minimum Gasteiger partial charge on any atom is -0.504 e. The molecule has 0 saturated carbocycles. The summed E-state index contributed by atoms with van der Waals surface area (Å²) in [5.74, 6) is 4.00. The highest BCUT2D eigenvalue weighted by Gasteiger charge is 2.22. The number of phenolic OH excluding ortho intramolecular Hbond substituents is 2. The molecule has 0 spiro atoms. The highest BCUT2D eigenvalue weighted by molar-refractivity contribution is 14.1. The van der Waals surface area contributed by atoms with Gasteiger partial charge in [-0.15, -0.1) is 47.3 Å². The van der Waals surface area contributed by atoms with Gasteiger partial charge < -0.3 is 45.1 Å². The number of rotatable bonds is 18. The molecule has 12 aromatic rings. The third-order valence-corrected chi connectivity index (χ3v) is 14.6. The van der Waals surface area contributed by atoms with Crippen LogP contribution in [-0.2, 0) is 19.6 Å². The smallest absolute Gasteiger partial charge is 0.369 e. The molecule has 6 heterocycles. The van der Waals surface area contributed by atoms with E-state index in [4.69, 9.17) is 39.1 Å². The third-order valence-electron chi connectivity index (χ3n) is 14.6. The maximum Gasteiger partial charge on any atom is 0.369 e. The Hall–Kier alpha value is -8.60. The number of phenols is 2. The zero-order valence-electron chi connectivity index (χ0n) is 55.4. The van der Waals surface area contributed by atoms with E-state index < -0.39 is 0 Å². The molecule has 506 valence electrons. The lowest BCUT2D eigenvalue weighted by Crippen LogP contribution is -2.07. The van der Waals surface area contributed by atoms with Crippen LogP contribution in [0.2, 0.25) is 0 Å². The Kier molecular flexibility index (Phi) is 26.8. The van der Waals surface area contributed by atoms with E-state index in [0.717, 1.165) is 113 Å². The van der Waals surface area contributed by atoms with Crippen molar-refractivity contribution >= 4 is 107 Å². The largest absolute Gasteiger partial charge is 0.504 e. The number of aromatic nitrogens is 9. The average Bonchev–Trinajstić information content (AvgIpc) is 1.67. The standard InChI is InChI=1S/C25H27FN4O2.C23H23FN4O2.C21H19FN4O2.C2H5I.BBr3/c1-5-31-21-12-9-19(14-22(21)32-6-2)24-17(4)29-30-23(13-16(3)28-25(24)30)27-15-18-7-10-20(26)11-8-18;1-14-11-21(25-13-16-5-8-18(24)9-6-16)28-23(26-14)22(15(2)27-28)17-7-10-19(29-3)20(12-17)30-4;1-12-9-19(23-11-14-3-6-16(22)7-4-14)26-21(24-12)20(13(2)25-26)15-5-8-17(27)18(28)10-15;1-2-3;2-1(3)4/h7-14,27H,5-6,15H2,1-4H3;5-12,25H,13H2,1-4H3;3-10,23,27-28H,11H2,1-2H3;2H2,1H3;. The second kappa shape index (κ2) is 35.1. The SMILES string of the molecule is BrB(Br)Br.CCI.CCOc1ccc(-c2c(C)nn3c(NCc4ccc(F)cc4)cc(C)nc23)cc1OCC.COc1ccc(-c2c(C)nn3c(NCc4ccc(F)cc4)cc(C)nc23)cc1OC.Cc1cc(NCc2ccc(F)cc2)n2nc(C)c(-c3ccc(O)c(O)c3)c2n1. The van der Waals surface area contributed by atoms with Crippen LogP contribution in [0.3, 0.4) is 0 Å². The number of alkyl halides is 1. The van der Waals surface area contributed by atoms with Gasteiger partial charge in [-0.3, -0.25) is 0 Å². The van der Waals surface area contributed by atoms with Gasteiger partial charge in [0, 0.05) is 71.6 Å². The van der Waals surface area contributed by atoms with Crippen molar-refractivity contribution < 1.29 is 42.3 Å². The summed E-state index contributed by atoms with van der Waals surface area (Å²) in [6.07, 6.45) is 0. The molecule has 0 aliphatic carbocycles. The summed E-state index contributed by atoms with van der Waals surface area (Å²) in [4.78, 5) is 14.1. The highest BCUT2D eigenvalue weighted by atomic mass is 127. The molecule has 0 unspecified atom stereocenters. The van der Waals surface area contributed by atoms with E-state index in [2.05, 4.69) is 103 Å². The first-order valence-corrected chi connectivity index (χ1v) is 35.0. The van der Waals surface area contributed by atoms with Crippen LogP contribution in [0.4, 0.5) is 30.6 Å². The number of hydrogen-bond acceptors (Lipinski definition) is 15. The van der Waals surface area contributed by atoms with Crippen molar-refractivity contribution in [3.63, 3.8) is 0 Å². The van der Waals surface area contributed by atoms with E-state index in [-0.39, 0.29) is 32.1 Å². The van der Waals surface area contributed by atoms with Crippen molar-refractivity contribution in [2.45, 2.75) is 81.9 Å². The first kappa shape index (κ1) is 74.2. The first-order chi connectivity index (χ1) is 46.6. The molecule has 0 fully saturated rings. The van der Waals surface area contributed by atoms with Crippen molar-refractivity contribution in [3.8, 4) is 67.9 Å². The van der Waals surface area contributed by atoms with Gasteiger partial charge in [0.1, 0.15) is 34.9 Å². The van der Waals surface area contributed by atoms with Crippen molar-refractivity contribution in [1.29, 1.82) is 0 Å². The fourth-order valence-electron chi connectivity index (χ4n) is 10.4. The van der Waals surface area contributed by atoms with Gasteiger partial charge in [-0.05, 0) is 166 Å². The molecule has 0 amide bonds. The fourth-order valence-corrected chi connectivity index (χ4v) is 10.4. The Labute approximate surface area is 600 Å². The molecule has 0 bridgehead atoms. The Morgan fingerprint density at radius 2 is 0.742 bits per heavy atom. The molecular weight excluding hydrogens is 1550 g/mol. The summed E-state index contributed by atoms with van der Waals surface area (Å²) < 4.78 is 68.6. The highest BCUT2D eigenvalue weighted by Crippen LogP contribution is 2.39. The molecule has 18 nitrogen and oxygen atoms in total. The molecule has 97 heavy (non-hydrogen) atoms. The van der Waals surface area contributed by atoms with Gasteiger partial charge in [0.2, 0.25) is 0 Å². The van der Waals surface area contributed by atoms with Crippen LogP contribution in [0.5, 0.6) is 34.5 Å². The quantitative estimate of drug-likeness (QED) is 0.0235. The number of aromatic hydroxyl groups is 2. The lowest BCUT2D eigenvalue weighted by molar-refractivity contribution is 0.288. The average molecular weight is 1630 g/mol. The molecule has 0 radical (unpaired) electrons. The topological polar surface area (TPSA) is 204 Å². The summed E-state index contributed by atoms with van der Waals surface area (Å²) in [6.45, 7) is 20.3. The second-order valence-corrected chi connectivity index (χ2v) is 29.7. The zero-order valence-corrected chi connectivity index (χ0v) is 62.3. The van der Waals surface area contributed by atoms with E-state index in [1.165, 1.54) is 53.0 Å². The molecule has 0 atom stereocenters. The summed E-state index contributed by atoms with van der Waals surface area (Å²) in [5.41, 5.74) is 15.3. The van der Waals surface area contributed by atoms with Crippen LogP contribution in [-0.4, -0.2) is 89.1 Å². The van der Waals surface area contributed by atoms with Gasteiger partial charge in [0.25, 0.3) is 0 Å². The second-order valence-electron chi connectivity index (χ2n) is 21.7. The van der Waals surface area contributed by atoms with Crippen molar-refractivity contribution in [2.24, 2.45) is 0 Å². The third kappa shape index (κ3) is 19.4. The Morgan fingerprint density at radius 3 is 1.07 bits per heavy atom. The molecule has 6 aromatic carbocycles. The number of ether oxygens (including phenoxy) is 4. The number of methoxy groups -OCH3 is 2. The first-order valence-electron chi connectivity index (χ1n) is 30.8. The number of nitrogens with one attached hydrogen (secondary N) is 3. The van der Waals surface area contributed by atoms with Crippen molar-refractivity contribution in [3.05, 3.63) is 214 Å². The molecule has 0 aliphatic heterocycles. The molecular formula is C71H74BBr3F3IN12O6. The van der Waals surface area contributed by atoms with Gasteiger partial charge in [0.05, 0.1) is 44.5 Å². The van der Waals surface area contributed by atoms with Crippen LogP contribution >= 0.6 is 69.9 Å². The van der Waals surface area contributed by atoms with Crippen LogP contribution < -0.4 is 34.9 Å². The van der Waals surface area contributed by atoms with Gasteiger partial charge in [-0.25, -0.2) is 28.1 Å². The van der Waals surface area contributed by atoms with Crippen molar-refractivity contribution in [2.75, 3.05) is 47.8 Å². The lowest BCUT2D eigenvalue weighted by atomic mass is 10.1.